The summed E-state index contributed by atoms with van der Waals surface area (Å²) in [5.74, 6) is -4.02. The van der Waals surface area contributed by atoms with Crippen LogP contribution in [0, 0.1) is 23.7 Å². The maximum absolute atomic E-state index is 11.9. The van der Waals surface area contributed by atoms with E-state index in [1.165, 1.54) is 7.05 Å². The molecule has 1 N–H and O–H groups in total. The number of nitrogens with one attached hydrogen (secondary N) is 1. The molecule has 0 bridgehead atoms. The molecule has 6 nitrogen and oxygen atoms in total. The first kappa shape index (κ1) is 11.8. The molecule has 0 aromatic heterocycles. The van der Waals surface area contributed by atoms with Gasteiger partial charge in [-0.3, -0.25) is 29.4 Å². The van der Waals surface area contributed by atoms with Gasteiger partial charge < -0.3 is 0 Å². The second-order valence-corrected chi connectivity index (χ2v) is 4.72. The number of carbonyl (C=O) groups excluding carboxylic acids is 4. The summed E-state index contributed by atoms with van der Waals surface area (Å²) >= 11 is 0. The van der Waals surface area contributed by atoms with Crippen LogP contribution in [0.1, 0.15) is 13.8 Å². The van der Waals surface area contributed by atoms with Crippen molar-refractivity contribution in [3.63, 3.8) is 0 Å². The van der Waals surface area contributed by atoms with Crippen LogP contribution < -0.4 is 5.32 Å². The van der Waals surface area contributed by atoms with E-state index < -0.39 is 29.6 Å². The van der Waals surface area contributed by atoms with Crippen molar-refractivity contribution in [3.8, 4) is 0 Å². The third kappa shape index (κ3) is 1.47. The second-order valence-electron chi connectivity index (χ2n) is 4.72. The zero-order valence-corrected chi connectivity index (χ0v) is 9.89. The van der Waals surface area contributed by atoms with Gasteiger partial charge in [0.15, 0.2) is 0 Å². The quantitative estimate of drug-likeness (QED) is 0.603. The van der Waals surface area contributed by atoms with Gasteiger partial charge in [0.05, 0.1) is 11.8 Å². The van der Waals surface area contributed by atoms with Gasteiger partial charge in [0.2, 0.25) is 23.6 Å². The fourth-order valence-corrected chi connectivity index (χ4v) is 2.65. The summed E-state index contributed by atoms with van der Waals surface area (Å²) in [6, 6.07) is 0. The summed E-state index contributed by atoms with van der Waals surface area (Å²) in [5, 5.41) is 2.20. The predicted molar refractivity (Wildman–Crippen MR) is 56.2 cm³/mol. The minimum Gasteiger partial charge on any atom is -0.296 e. The van der Waals surface area contributed by atoms with Crippen LogP contribution in [-0.4, -0.2) is 35.6 Å². The Morgan fingerprint density at radius 2 is 1.47 bits per heavy atom. The van der Waals surface area contributed by atoms with Gasteiger partial charge >= 0.3 is 0 Å². The third-order valence-electron chi connectivity index (χ3n) is 3.76. The van der Waals surface area contributed by atoms with E-state index in [0.29, 0.717) is 0 Å². The molecule has 4 atom stereocenters. The van der Waals surface area contributed by atoms with Gasteiger partial charge in [0, 0.05) is 18.9 Å². The Morgan fingerprint density at radius 3 is 1.82 bits per heavy atom. The molecule has 0 aromatic carbocycles. The molecule has 2 aliphatic rings. The van der Waals surface area contributed by atoms with E-state index in [0.717, 1.165) is 4.90 Å². The molecule has 2 rings (SSSR count). The molecular weight excluding hydrogens is 224 g/mol. The Balaban J connectivity index is 2.35. The molecule has 92 valence electrons. The van der Waals surface area contributed by atoms with Gasteiger partial charge in [-0.25, -0.2) is 0 Å². The standard InChI is InChI=1S/C11H14N2O4/c1-4-6(9(15)12-8(4)14)7-5(2)10(16)13(3)11(7)17/h4-7H,1-3H3,(H,12,14,15). The van der Waals surface area contributed by atoms with Gasteiger partial charge in [-0.1, -0.05) is 13.8 Å². The molecular formula is C11H14N2O4. The van der Waals surface area contributed by atoms with E-state index in [9.17, 15) is 19.2 Å². The molecule has 4 unspecified atom stereocenters. The average Bonchev–Trinajstić information content (AvgIpc) is 2.61. The summed E-state index contributed by atoms with van der Waals surface area (Å²) < 4.78 is 0. The normalized spacial score (nSPS) is 37.9. The van der Waals surface area contributed by atoms with Crippen molar-refractivity contribution in [2.75, 3.05) is 7.05 Å². The number of amides is 4. The summed E-state index contributed by atoms with van der Waals surface area (Å²) in [6.45, 7) is 3.23. The van der Waals surface area contributed by atoms with Crippen LogP contribution in [0.25, 0.3) is 0 Å². The van der Waals surface area contributed by atoms with Crippen LogP contribution in [0.3, 0.4) is 0 Å². The number of nitrogens with zero attached hydrogens (tertiary/aromatic N) is 1. The predicted octanol–water partition coefficient (Wildman–Crippen LogP) is -0.854. The first-order valence-corrected chi connectivity index (χ1v) is 5.52. The fourth-order valence-electron chi connectivity index (χ4n) is 2.65. The fraction of sp³-hybridized carbons (Fsp3) is 0.636. The molecule has 2 heterocycles. The van der Waals surface area contributed by atoms with E-state index in [-0.39, 0.29) is 17.7 Å². The highest BCUT2D eigenvalue weighted by molar-refractivity contribution is 6.11. The number of rotatable bonds is 1. The molecule has 0 radical (unpaired) electrons. The zero-order valence-electron chi connectivity index (χ0n) is 9.89. The van der Waals surface area contributed by atoms with Crippen molar-refractivity contribution in [1.82, 2.24) is 10.2 Å². The highest BCUT2D eigenvalue weighted by atomic mass is 16.2. The smallest absolute Gasteiger partial charge is 0.233 e. The van der Waals surface area contributed by atoms with Crippen molar-refractivity contribution in [1.29, 1.82) is 0 Å². The first-order chi connectivity index (χ1) is 7.86. The monoisotopic (exact) mass is 238 g/mol. The van der Waals surface area contributed by atoms with Crippen LogP contribution in [-0.2, 0) is 19.2 Å². The van der Waals surface area contributed by atoms with Crippen molar-refractivity contribution in [2.45, 2.75) is 13.8 Å². The Labute approximate surface area is 98.3 Å². The summed E-state index contributed by atoms with van der Waals surface area (Å²) in [5.41, 5.74) is 0. The average molecular weight is 238 g/mol. The summed E-state index contributed by atoms with van der Waals surface area (Å²) in [6.07, 6.45) is 0. The molecule has 17 heavy (non-hydrogen) atoms. The number of carbonyl (C=O) groups is 4. The van der Waals surface area contributed by atoms with Crippen molar-refractivity contribution in [3.05, 3.63) is 0 Å². The van der Waals surface area contributed by atoms with Gasteiger partial charge in [0.1, 0.15) is 0 Å². The van der Waals surface area contributed by atoms with Crippen LogP contribution in [0.2, 0.25) is 0 Å². The molecule has 0 aliphatic carbocycles. The SMILES string of the molecule is CC1C(=O)NC(=O)C1C1C(=O)N(C)C(=O)C1C. The molecule has 0 aromatic rings. The molecule has 4 amide bonds. The Hall–Kier alpha value is -1.72. The van der Waals surface area contributed by atoms with Gasteiger partial charge in [0.25, 0.3) is 0 Å². The van der Waals surface area contributed by atoms with E-state index >= 15 is 0 Å². The van der Waals surface area contributed by atoms with Gasteiger partial charge in [-0.2, -0.15) is 0 Å². The molecule has 2 aliphatic heterocycles. The molecule has 6 heteroatoms. The highest BCUT2D eigenvalue weighted by Gasteiger charge is 2.54. The molecule has 2 saturated heterocycles. The highest BCUT2D eigenvalue weighted by Crippen LogP contribution is 2.37. The lowest BCUT2D eigenvalue weighted by Gasteiger charge is -2.19. The zero-order chi connectivity index (χ0) is 12.9. The van der Waals surface area contributed by atoms with Crippen LogP contribution in [0.15, 0.2) is 0 Å². The third-order valence-corrected chi connectivity index (χ3v) is 3.76. The Bertz CT molecular complexity index is 431. The lowest BCUT2D eigenvalue weighted by molar-refractivity contribution is -0.140. The van der Waals surface area contributed by atoms with E-state index in [1.807, 2.05) is 0 Å². The Morgan fingerprint density at radius 1 is 0.882 bits per heavy atom. The van der Waals surface area contributed by atoms with E-state index in [2.05, 4.69) is 5.32 Å². The maximum Gasteiger partial charge on any atom is 0.233 e. The van der Waals surface area contributed by atoms with E-state index in [1.54, 1.807) is 13.8 Å². The molecule has 0 spiro atoms. The number of imide groups is 2. The number of hydrogen-bond acceptors (Lipinski definition) is 4. The molecule has 0 saturated carbocycles. The number of likely N-dealkylation sites (tertiary alicyclic amines) is 1. The van der Waals surface area contributed by atoms with Crippen LogP contribution >= 0.6 is 0 Å². The van der Waals surface area contributed by atoms with Gasteiger partial charge in [-0.15, -0.1) is 0 Å². The minimum atomic E-state index is -0.723. The van der Waals surface area contributed by atoms with Crippen LogP contribution in [0.4, 0.5) is 0 Å². The molecule has 2 fully saturated rings. The van der Waals surface area contributed by atoms with Crippen molar-refractivity contribution >= 4 is 23.6 Å². The first-order valence-electron chi connectivity index (χ1n) is 5.52. The van der Waals surface area contributed by atoms with Crippen LogP contribution in [0.5, 0.6) is 0 Å². The largest absolute Gasteiger partial charge is 0.296 e. The maximum atomic E-state index is 11.9. The lowest BCUT2D eigenvalue weighted by atomic mass is 9.78. The van der Waals surface area contributed by atoms with Crippen molar-refractivity contribution < 1.29 is 19.2 Å². The number of hydrogen-bond donors (Lipinski definition) is 1. The summed E-state index contributed by atoms with van der Waals surface area (Å²) in [7, 11) is 1.40. The Kier molecular flexibility index (Phi) is 2.52. The second kappa shape index (κ2) is 3.65. The lowest BCUT2D eigenvalue weighted by Crippen LogP contribution is -2.34. The van der Waals surface area contributed by atoms with Gasteiger partial charge in [-0.05, 0) is 0 Å². The van der Waals surface area contributed by atoms with E-state index in [4.69, 9.17) is 0 Å². The minimum absolute atomic E-state index is 0.292. The summed E-state index contributed by atoms with van der Waals surface area (Å²) in [4.78, 5) is 47.7. The topological polar surface area (TPSA) is 83.6 Å². The van der Waals surface area contributed by atoms with Crippen molar-refractivity contribution in [2.24, 2.45) is 23.7 Å².